The molecule has 1 aromatic rings. The van der Waals surface area contributed by atoms with Crippen LogP contribution in [0, 0.1) is 23.7 Å². The van der Waals surface area contributed by atoms with Gasteiger partial charge in [0.05, 0.1) is 0 Å². The van der Waals surface area contributed by atoms with Gasteiger partial charge >= 0.3 is 0 Å². The smallest absolute Gasteiger partial charge is 0.0454 e. The molecular formula is C14H23NS. The van der Waals surface area contributed by atoms with Gasteiger partial charge < -0.3 is 5.32 Å². The highest BCUT2D eigenvalue weighted by molar-refractivity contribution is 7.10. The zero-order valence-corrected chi connectivity index (χ0v) is 12.0. The third kappa shape index (κ3) is 1.46. The first-order chi connectivity index (χ1) is 7.34. The molecule has 1 nitrogen and oxygen atoms in total. The van der Waals surface area contributed by atoms with Crippen molar-refractivity contribution in [1.29, 1.82) is 0 Å². The van der Waals surface area contributed by atoms with Crippen molar-refractivity contribution in [2.45, 2.75) is 40.7 Å². The summed E-state index contributed by atoms with van der Waals surface area (Å²) in [7, 11) is 2.09. The monoisotopic (exact) mass is 237 g/mol. The Morgan fingerprint density at radius 3 is 2.12 bits per heavy atom. The Morgan fingerprint density at radius 2 is 1.81 bits per heavy atom. The van der Waals surface area contributed by atoms with Crippen molar-refractivity contribution < 1.29 is 0 Å². The molecule has 1 aliphatic rings. The van der Waals surface area contributed by atoms with Crippen molar-refractivity contribution >= 4 is 11.3 Å². The van der Waals surface area contributed by atoms with Crippen LogP contribution in [0.2, 0.25) is 0 Å². The fourth-order valence-electron chi connectivity index (χ4n) is 3.23. The molecule has 1 atom stereocenters. The predicted molar refractivity (Wildman–Crippen MR) is 71.9 cm³/mol. The molecule has 1 aromatic heterocycles. The Kier molecular flexibility index (Phi) is 2.71. The minimum absolute atomic E-state index is 0.442. The molecule has 0 aromatic carbocycles. The second-order valence-corrected chi connectivity index (χ2v) is 7.10. The summed E-state index contributed by atoms with van der Waals surface area (Å²) >= 11 is 1.89. The van der Waals surface area contributed by atoms with E-state index in [0.717, 1.165) is 5.92 Å². The number of thiophene rings is 1. The summed E-state index contributed by atoms with van der Waals surface area (Å²) in [6.45, 7) is 11.8. The van der Waals surface area contributed by atoms with Crippen molar-refractivity contribution in [3.05, 3.63) is 21.9 Å². The van der Waals surface area contributed by atoms with Gasteiger partial charge in [0.2, 0.25) is 0 Å². The zero-order valence-electron chi connectivity index (χ0n) is 11.2. The van der Waals surface area contributed by atoms with Crippen molar-refractivity contribution in [2.24, 2.45) is 16.7 Å². The molecule has 0 aliphatic heterocycles. The number of aryl methyl sites for hydroxylation is 1. The van der Waals surface area contributed by atoms with Crippen LogP contribution in [0.5, 0.6) is 0 Å². The lowest BCUT2D eigenvalue weighted by Crippen LogP contribution is -2.21. The third-order valence-electron chi connectivity index (χ3n) is 4.96. The van der Waals surface area contributed by atoms with Crippen molar-refractivity contribution in [1.82, 2.24) is 5.32 Å². The maximum absolute atomic E-state index is 3.53. The summed E-state index contributed by atoms with van der Waals surface area (Å²) in [4.78, 5) is 1.52. The first kappa shape index (κ1) is 12.1. The molecule has 0 radical (unpaired) electrons. The summed E-state index contributed by atoms with van der Waals surface area (Å²) in [6, 6.07) is 2.75. The minimum Gasteiger partial charge on any atom is -0.312 e. The number of nitrogens with one attached hydrogen (secondary N) is 1. The van der Waals surface area contributed by atoms with Gasteiger partial charge in [0.15, 0.2) is 0 Å². The Bertz CT molecular complexity index is 375. The standard InChI is InChI=1S/C14H23NS/c1-9-7-8-16-11(9)10(15-6)12-13(2,3)14(12,4)5/h7-8,10,12,15H,1-6H3. The van der Waals surface area contributed by atoms with E-state index >= 15 is 0 Å². The fourth-order valence-corrected chi connectivity index (χ4v) is 4.31. The molecule has 90 valence electrons. The quantitative estimate of drug-likeness (QED) is 0.838. The van der Waals surface area contributed by atoms with Crippen LogP contribution in [0.1, 0.15) is 44.2 Å². The first-order valence-electron chi connectivity index (χ1n) is 6.05. The van der Waals surface area contributed by atoms with Crippen LogP contribution >= 0.6 is 11.3 Å². The highest BCUT2D eigenvalue weighted by Gasteiger charge is 2.67. The summed E-state index contributed by atoms with van der Waals surface area (Å²) in [5.41, 5.74) is 2.32. The highest BCUT2D eigenvalue weighted by atomic mass is 32.1. The van der Waals surface area contributed by atoms with Crippen LogP contribution in [0.3, 0.4) is 0 Å². The largest absolute Gasteiger partial charge is 0.312 e. The average Bonchev–Trinajstić information content (AvgIpc) is 2.54. The van der Waals surface area contributed by atoms with Crippen LogP contribution in [-0.2, 0) is 0 Å². The van der Waals surface area contributed by atoms with E-state index in [1.54, 1.807) is 0 Å². The van der Waals surface area contributed by atoms with Gasteiger partial charge in [-0.05, 0) is 47.7 Å². The van der Waals surface area contributed by atoms with Gasteiger partial charge in [-0.2, -0.15) is 0 Å². The van der Waals surface area contributed by atoms with Gasteiger partial charge in [0.25, 0.3) is 0 Å². The van der Waals surface area contributed by atoms with Crippen LogP contribution in [0.25, 0.3) is 0 Å². The van der Waals surface area contributed by atoms with E-state index in [1.165, 1.54) is 10.4 Å². The van der Waals surface area contributed by atoms with Crippen molar-refractivity contribution in [3.8, 4) is 0 Å². The first-order valence-corrected chi connectivity index (χ1v) is 6.93. The van der Waals surface area contributed by atoms with E-state index in [1.807, 2.05) is 11.3 Å². The second-order valence-electron chi connectivity index (χ2n) is 6.16. The van der Waals surface area contributed by atoms with Crippen molar-refractivity contribution in [2.75, 3.05) is 7.05 Å². The van der Waals surface area contributed by atoms with Gasteiger partial charge in [0.1, 0.15) is 0 Å². The molecule has 16 heavy (non-hydrogen) atoms. The topological polar surface area (TPSA) is 12.0 Å². The van der Waals surface area contributed by atoms with E-state index in [2.05, 4.69) is 58.4 Å². The Labute approximate surface area is 103 Å². The zero-order chi connectivity index (χ0) is 12.1. The van der Waals surface area contributed by atoms with E-state index in [0.29, 0.717) is 16.9 Å². The number of hydrogen-bond acceptors (Lipinski definition) is 2. The van der Waals surface area contributed by atoms with Gasteiger partial charge in [0, 0.05) is 10.9 Å². The maximum Gasteiger partial charge on any atom is 0.0454 e. The normalized spacial score (nSPS) is 24.4. The lowest BCUT2D eigenvalue weighted by molar-refractivity contribution is 0.442. The van der Waals surface area contributed by atoms with Gasteiger partial charge in [-0.15, -0.1) is 11.3 Å². The molecule has 1 aliphatic carbocycles. The Morgan fingerprint density at radius 1 is 1.25 bits per heavy atom. The Balaban J connectivity index is 2.31. The van der Waals surface area contributed by atoms with Gasteiger partial charge in [-0.3, -0.25) is 0 Å². The average molecular weight is 237 g/mol. The highest BCUT2D eigenvalue weighted by Crippen LogP contribution is 2.72. The molecule has 2 rings (SSSR count). The summed E-state index contributed by atoms with van der Waals surface area (Å²) < 4.78 is 0. The molecule has 1 heterocycles. The molecule has 0 spiro atoms. The van der Waals surface area contributed by atoms with E-state index < -0.39 is 0 Å². The molecular weight excluding hydrogens is 214 g/mol. The fraction of sp³-hybridized carbons (Fsp3) is 0.714. The lowest BCUT2D eigenvalue weighted by atomic mass is 10.0. The third-order valence-corrected chi connectivity index (χ3v) is 6.06. The van der Waals surface area contributed by atoms with E-state index in [-0.39, 0.29) is 0 Å². The van der Waals surface area contributed by atoms with E-state index in [9.17, 15) is 0 Å². The Hall–Kier alpha value is -0.340. The summed E-state index contributed by atoms with van der Waals surface area (Å²) in [5.74, 6) is 0.738. The molecule has 0 amide bonds. The lowest BCUT2D eigenvalue weighted by Gasteiger charge is -2.18. The minimum atomic E-state index is 0.442. The summed E-state index contributed by atoms with van der Waals surface area (Å²) in [5, 5.41) is 5.73. The van der Waals surface area contributed by atoms with Crippen LogP contribution in [0.15, 0.2) is 11.4 Å². The molecule has 1 saturated carbocycles. The SMILES string of the molecule is CNC(c1sccc1C)C1C(C)(C)C1(C)C. The molecule has 0 bridgehead atoms. The van der Waals surface area contributed by atoms with Crippen molar-refractivity contribution in [3.63, 3.8) is 0 Å². The predicted octanol–water partition coefficient (Wildman–Crippen LogP) is 4.00. The maximum atomic E-state index is 3.53. The van der Waals surface area contributed by atoms with Crippen LogP contribution in [-0.4, -0.2) is 7.05 Å². The van der Waals surface area contributed by atoms with E-state index in [4.69, 9.17) is 0 Å². The molecule has 1 unspecified atom stereocenters. The van der Waals surface area contributed by atoms with Crippen LogP contribution in [0.4, 0.5) is 0 Å². The van der Waals surface area contributed by atoms with Gasteiger partial charge in [-0.1, -0.05) is 27.7 Å². The molecule has 0 saturated heterocycles. The molecule has 1 fully saturated rings. The summed E-state index contributed by atoms with van der Waals surface area (Å²) in [6.07, 6.45) is 0. The number of hydrogen-bond donors (Lipinski definition) is 1. The second kappa shape index (κ2) is 3.58. The van der Waals surface area contributed by atoms with Gasteiger partial charge in [-0.25, -0.2) is 0 Å². The number of rotatable bonds is 3. The molecule has 1 N–H and O–H groups in total. The molecule has 2 heteroatoms. The van der Waals surface area contributed by atoms with Crippen LogP contribution < -0.4 is 5.32 Å².